The first-order valence-corrected chi connectivity index (χ1v) is 47.8. The van der Waals surface area contributed by atoms with Crippen LogP contribution in [0.25, 0.3) is 0 Å². The molecule has 0 saturated carbocycles. The van der Waals surface area contributed by atoms with E-state index in [1.165, 1.54) is 41.2 Å². The first-order valence-electron chi connectivity index (χ1n) is 46.4. The zero-order chi connectivity index (χ0) is 97.2. The van der Waals surface area contributed by atoms with Crippen molar-refractivity contribution in [1.82, 2.24) is 107 Å². The van der Waals surface area contributed by atoms with Gasteiger partial charge < -0.3 is 148 Å². The summed E-state index contributed by atoms with van der Waals surface area (Å²) in [5.74, 6) is -15.7. The smallest absolute Gasteiger partial charge is 0.322 e. The van der Waals surface area contributed by atoms with Crippen LogP contribution in [0.3, 0.4) is 0 Å². The third kappa shape index (κ3) is 23.4. The van der Waals surface area contributed by atoms with Gasteiger partial charge >= 0.3 is 5.97 Å². The molecular weight excluding hydrogens is 1800 g/mol. The summed E-state index contributed by atoms with van der Waals surface area (Å²) in [6.07, 6.45) is -4.12. The van der Waals surface area contributed by atoms with Gasteiger partial charge in [0.15, 0.2) is 0 Å². The van der Waals surface area contributed by atoms with E-state index in [0.717, 1.165) is 35.8 Å². The Kier molecular flexibility index (Phi) is 33.6. The molecule has 13 saturated heterocycles. The van der Waals surface area contributed by atoms with Gasteiger partial charge in [0, 0.05) is 123 Å². The second-order valence-electron chi connectivity index (χ2n) is 37.0. The topological polar surface area (TPSA) is 667 Å². The maximum Gasteiger partial charge on any atom is 0.322 e. The van der Waals surface area contributed by atoms with Crippen LogP contribution in [0.5, 0.6) is 0 Å². The van der Waals surface area contributed by atoms with Crippen LogP contribution in [0.15, 0.2) is 0 Å². The van der Waals surface area contributed by atoms with E-state index in [4.69, 9.17) is 5.11 Å². The van der Waals surface area contributed by atoms with Crippen LogP contribution in [0.1, 0.15) is 128 Å². The highest BCUT2D eigenvalue weighted by Gasteiger charge is 2.54. The summed E-state index contributed by atoms with van der Waals surface area (Å²) in [6.45, 7) is -5.72. The number of hydrogen-bond acceptors (Lipinski definition) is 30. The lowest BCUT2D eigenvalue weighted by Crippen LogP contribution is -2.57. The van der Waals surface area contributed by atoms with Gasteiger partial charge in [-0.1, -0.05) is 0 Å². The van der Waals surface area contributed by atoms with Crippen molar-refractivity contribution in [3.8, 4) is 0 Å². The van der Waals surface area contributed by atoms with E-state index in [9.17, 15) is 136 Å². The number of carboxylic acids is 1. The first-order chi connectivity index (χ1) is 64.4. The van der Waals surface area contributed by atoms with Gasteiger partial charge in [-0.25, -0.2) is 0 Å². The highest BCUT2D eigenvalue weighted by molar-refractivity contribution is 7.98. The van der Waals surface area contributed by atoms with Crippen molar-refractivity contribution in [2.24, 2.45) is 0 Å². The van der Waals surface area contributed by atoms with Crippen molar-refractivity contribution in [2.45, 2.75) is 256 Å². The van der Waals surface area contributed by atoms with Crippen molar-refractivity contribution < 1.29 is 142 Å². The van der Waals surface area contributed by atoms with Crippen molar-refractivity contribution in [3.05, 3.63) is 0 Å². The number of carbonyl (C=O) groups is 21. The van der Waals surface area contributed by atoms with E-state index in [1.807, 2.05) is 0 Å². The number of nitrogens with one attached hydrogen (secondary N) is 9. The molecule has 21 atom stereocenters. The van der Waals surface area contributed by atoms with Crippen LogP contribution < -0.4 is 47.9 Å². The summed E-state index contributed by atoms with van der Waals surface area (Å²) in [5, 5.41) is 107. The fourth-order valence-electron chi connectivity index (χ4n) is 21.2. The van der Waals surface area contributed by atoms with Gasteiger partial charge in [0.1, 0.15) is 85.1 Å². The molecule has 0 unspecified atom stereocenters. The number of aliphatic hydroxyl groups excluding tert-OH is 7. The number of aliphatic hydroxyl groups is 7. The zero-order valence-electron chi connectivity index (χ0n) is 75.0. The highest BCUT2D eigenvalue weighted by atomic mass is 32.2. The van der Waals surface area contributed by atoms with Crippen LogP contribution in [-0.4, -0.2) is 494 Å². The number of aliphatic carboxylic acids is 1. The van der Waals surface area contributed by atoms with Gasteiger partial charge in [0.2, 0.25) is 118 Å². The number of likely N-dealkylation sites (tertiary alicyclic amines) is 12. The molecule has 0 aromatic carbocycles. The van der Waals surface area contributed by atoms with E-state index in [1.54, 1.807) is 6.26 Å². The Hall–Kier alpha value is -11.1. The van der Waals surface area contributed by atoms with Crippen LogP contribution >= 0.6 is 11.8 Å². The van der Waals surface area contributed by atoms with Crippen LogP contribution in [0, 0.1) is 0 Å². The fourth-order valence-corrected chi connectivity index (χ4v) is 21.7. The number of amides is 20. The maximum atomic E-state index is 14.5. The summed E-state index contributed by atoms with van der Waals surface area (Å²) in [5.41, 5.74) is 0. The average molecular weight is 1920 g/mol. The predicted molar refractivity (Wildman–Crippen MR) is 461 cm³/mol. The molecule has 744 valence electrons. The van der Waals surface area contributed by atoms with Gasteiger partial charge in [0.25, 0.3) is 0 Å². The molecule has 50 nitrogen and oxygen atoms in total. The van der Waals surface area contributed by atoms with Crippen LogP contribution in [0.4, 0.5) is 0 Å². The van der Waals surface area contributed by atoms with E-state index >= 15 is 0 Å². The standard InChI is InChI=1S/C84H123N21O29S/c1-135-21-14-51(93-64(113)29-86-71(121)59-24-45(108)38-101(59)80(130)52-9-3-16-94(52)67(116)32-89-74(124)60-25-46(109)39-102(60)81(131)53-10-4-17-95(53)65(114)30-87-72(122)57-22-43(106)36-99(57)78(128)50-8-2-15-85-50)79(129)100-37-44(107)23-58(100)73(123)88-31-66(115)96-18-5-11-54(96)82(132)103-40-47(110)26-61(103)75(125)90-33-68(117)97-19-6-12-55(97)83(133)104-41-48(111)27-62(104)76(126)91-34-69(118)98-20-7-13-56(98)84(134)105-42-49(112)28-63(105)77(127)92-35-70(119)120/h43-63,85,106-112H,2-42H2,1H3,(H,86,121)(H,87,122)(H,88,123)(H,89,124)(H,90,125)(H,91,126)(H,92,127)(H,93,113)(H,119,120)/t43-,44-,45-,46-,47-,48-,49-,50+,51+,52+,53+,54+,55+,56+,57+,58+,59+,60+,61+,62+,63+/m1/s1. The van der Waals surface area contributed by atoms with Gasteiger partial charge in [-0.05, 0) is 102 Å². The lowest BCUT2D eigenvalue weighted by atomic mass is 10.1. The summed E-state index contributed by atoms with van der Waals surface area (Å²) in [4.78, 5) is 303. The number of nitrogens with zero attached hydrogens (tertiary/aromatic N) is 12. The zero-order valence-corrected chi connectivity index (χ0v) is 75.9. The number of carboxylic acid groups (broad SMARTS) is 1. The van der Waals surface area contributed by atoms with E-state index < -0.39 is 291 Å². The first kappa shape index (κ1) is 101. The van der Waals surface area contributed by atoms with E-state index in [-0.39, 0.29) is 174 Å². The van der Waals surface area contributed by atoms with Crippen molar-refractivity contribution >= 4 is 136 Å². The molecular formula is C84H123N21O29S. The normalized spacial score (nSPS) is 30.1. The molecule has 0 aromatic heterocycles. The van der Waals surface area contributed by atoms with Gasteiger partial charge in [-0.15, -0.1) is 0 Å². The third-order valence-corrected chi connectivity index (χ3v) is 28.5. The molecule has 0 radical (unpaired) electrons. The number of hydrogen-bond donors (Lipinski definition) is 17. The number of rotatable bonds is 32. The monoisotopic (exact) mass is 1920 g/mol. The highest BCUT2D eigenvalue weighted by Crippen LogP contribution is 2.34. The van der Waals surface area contributed by atoms with Crippen molar-refractivity contribution in [3.63, 3.8) is 0 Å². The molecule has 51 heteroatoms. The number of carbonyl (C=O) groups excluding carboxylic acids is 20. The van der Waals surface area contributed by atoms with E-state index in [2.05, 4.69) is 47.9 Å². The molecule has 20 amide bonds. The Bertz CT molecular complexity index is 4570. The van der Waals surface area contributed by atoms with Crippen LogP contribution in [-0.2, 0) is 101 Å². The minimum Gasteiger partial charge on any atom is -0.480 e. The maximum absolute atomic E-state index is 14.5. The van der Waals surface area contributed by atoms with Gasteiger partial charge in [-0.3, -0.25) is 101 Å². The molecule has 135 heavy (non-hydrogen) atoms. The Morgan fingerprint density at radius 3 is 0.778 bits per heavy atom. The molecule has 0 spiro atoms. The lowest BCUT2D eigenvalue weighted by Gasteiger charge is -2.32. The molecule has 13 aliphatic rings. The van der Waals surface area contributed by atoms with Gasteiger partial charge in [-0.2, -0.15) is 11.8 Å². The SMILES string of the molecule is CSCC[C@H](NC(=O)CNC(=O)[C@@H]1C[C@@H](O)CN1C(=O)[C@@H]1CCCN1C(=O)CNC(=O)[C@@H]1C[C@@H](O)CN1C(=O)[C@@H]1CCCN1C(=O)CNC(=O)[C@@H]1C[C@@H](O)CN1C(=O)[C@@H]1CCCN1)C(=O)N1C[C@H](O)C[C@H]1C(=O)NCC(=O)N1CCC[C@H]1C(=O)N1C[C@H](O)C[C@H]1C(=O)NCC(=O)N1CCC[C@H]1C(=O)N1C[C@H](O)C[C@H]1C(=O)NCC(=O)N1CCC[C@H]1C(=O)N1C[C@H](O)C[C@H]1C(=O)NCC(=O)O. The molecule has 13 rings (SSSR count). The lowest BCUT2D eigenvalue weighted by molar-refractivity contribution is -0.148. The largest absolute Gasteiger partial charge is 0.480 e. The molecule has 17 N–H and O–H groups in total. The summed E-state index contributed by atoms with van der Waals surface area (Å²) >= 11 is 1.31. The summed E-state index contributed by atoms with van der Waals surface area (Å²) in [7, 11) is 0. The molecule has 13 fully saturated rings. The Balaban J connectivity index is 0.539. The second-order valence-corrected chi connectivity index (χ2v) is 38.0. The third-order valence-electron chi connectivity index (χ3n) is 27.9. The Morgan fingerprint density at radius 1 is 0.296 bits per heavy atom. The molecule has 13 aliphatic heterocycles. The van der Waals surface area contributed by atoms with Crippen LogP contribution in [0.2, 0.25) is 0 Å². The Morgan fingerprint density at radius 2 is 0.533 bits per heavy atom. The second kappa shape index (κ2) is 44.8. The minimum absolute atomic E-state index is 0.0160. The molecule has 0 bridgehead atoms. The number of thioether (sulfide) groups is 1. The molecule has 0 aromatic rings. The minimum atomic E-state index is -1.39. The van der Waals surface area contributed by atoms with Crippen molar-refractivity contribution in [2.75, 3.05) is 143 Å². The molecule has 0 aliphatic carbocycles. The quantitative estimate of drug-likeness (QED) is 0.0297. The molecule has 13 heterocycles. The predicted octanol–water partition coefficient (Wildman–Crippen LogP) is -13.4. The average Bonchev–Trinajstić information content (AvgIpc) is 1.66. The van der Waals surface area contributed by atoms with E-state index in [0.29, 0.717) is 45.1 Å². The Labute approximate surface area is 779 Å². The summed E-state index contributed by atoms with van der Waals surface area (Å²) in [6, 6.07) is -16.5. The number of β-amino-alcohol motifs (C(OH)–C–C–N with tert-alkyl or cyclic N) is 7. The summed E-state index contributed by atoms with van der Waals surface area (Å²) < 4.78 is 0. The fraction of sp³-hybridized carbons (Fsp3) is 0.750. The van der Waals surface area contributed by atoms with Gasteiger partial charge in [0.05, 0.1) is 88.0 Å². The van der Waals surface area contributed by atoms with Crippen molar-refractivity contribution in [1.29, 1.82) is 0 Å².